The van der Waals surface area contributed by atoms with Crippen LogP contribution in [0.5, 0.6) is 0 Å². The first-order valence-electron chi connectivity index (χ1n) is 16.7. The Morgan fingerprint density at radius 2 is 1.43 bits per heavy atom. The number of allylic oxidation sites excluding steroid dienone is 4. The van der Waals surface area contributed by atoms with Gasteiger partial charge in [0.05, 0.1) is 5.69 Å². The summed E-state index contributed by atoms with van der Waals surface area (Å²) in [6.07, 6.45) is 11.0. The third-order valence-corrected chi connectivity index (χ3v) is 8.50. The quantitative estimate of drug-likeness (QED) is 0.108. The minimum absolute atomic E-state index is 0. The molecule has 13 heteroatoms. The summed E-state index contributed by atoms with van der Waals surface area (Å²) in [7, 11) is 0. The Bertz CT molecular complexity index is 1330. The van der Waals surface area contributed by atoms with Crippen LogP contribution in [0.4, 0.5) is 16.6 Å². The number of aliphatic hydroxyl groups is 2. The molecule has 1 aliphatic rings. The average molecular weight is 731 g/mol. The molecule has 0 bridgehead atoms. The molecule has 0 atom stereocenters. The molecule has 2 heterocycles. The van der Waals surface area contributed by atoms with Crippen molar-refractivity contribution >= 4 is 33.7 Å². The summed E-state index contributed by atoms with van der Waals surface area (Å²) in [5.41, 5.74) is 11.6. The fourth-order valence-corrected chi connectivity index (χ4v) is 5.64. The molecule has 0 fully saturated rings. The largest absolute Gasteiger partial charge is 0.495 e. The van der Waals surface area contributed by atoms with E-state index < -0.39 is 0 Å². The second-order valence-corrected chi connectivity index (χ2v) is 13.6. The van der Waals surface area contributed by atoms with Crippen LogP contribution in [0.25, 0.3) is 5.70 Å². The molecule has 0 unspecified atom stereocenters. The Kier molecular flexibility index (Phi) is 16.9. The van der Waals surface area contributed by atoms with Gasteiger partial charge in [0.1, 0.15) is 5.51 Å². The van der Waals surface area contributed by atoms with Gasteiger partial charge in [0.15, 0.2) is 23.3 Å². The topological polar surface area (TPSA) is 141 Å². The maximum absolute atomic E-state index is 11.8. The summed E-state index contributed by atoms with van der Waals surface area (Å²) in [4.78, 5) is 4.18. The number of unbranched alkanes of at least 4 members (excludes halogenated alkanes) is 4. The molecule has 1 radical (unpaired) electrons. The van der Waals surface area contributed by atoms with Crippen molar-refractivity contribution in [1.82, 2.24) is 29.8 Å². The Hall–Kier alpha value is -2.31. The number of aliphatic hydroxyl groups excluding tert-OH is 2. The molecular formula is C33H55N9O2SY. The van der Waals surface area contributed by atoms with E-state index in [4.69, 9.17) is 10.8 Å². The number of hydrogen-bond acceptors (Lipinski definition) is 11. The molecule has 0 saturated carbocycles. The molecule has 0 amide bonds. The minimum Gasteiger partial charge on any atom is -0.495 e. The number of aromatic nitrogens is 4. The SMILES string of the molecule is CCCCN(CCCC)/C(O)=C1/CC(n2nc(C(C)(C)C)c(N=Nc3nncs3)c2N)=C/C(=C(/O)N(CCCC)CCCC)C1.[Y]. The van der Waals surface area contributed by atoms with Crippen LogP contribution in [0.15, 0.2) is 44.7 Å². The van der Waals surface area contributed by atoms with Gasteiger partial charge in [-0.15, -0.1) is 20.4 Å². The third kappa shape index (κ3) is 10.9. The smallest absolute Gasteiger partial charge is 0.251 e. The number of nitrogens with zero attached hydrogens (tertiary/aromatic N) is 8. The van der Waals surface area contributed by atoms with Gasteiger partial charge in [0, 0.05) is 94.0 Å². The molecular weight excluding hydrogens is 675 g/mol. The minimum atomic E-state index is -0.375. The molecule has 0 saturated heterocycles. The first-order valence-corrected chi connectivity index (χ1v) is 17.5. The zero-order valence-electron chi connectivity index (χ0n) is 29.1. The maximum atomic E-state index is 11.8. The summed E-state index contributed by atoms with van der Waals surface area (Å²) >= 11 is 1.29. The van der Waals surface area contributed by atoms with Gasteiger partial charge in [0.25, 0.3) is 5.13 Å². The van der Waals surface area contributed by atoms with Gasteiger partial charge in [-0.1, -0.05) is 85.5 Å². The fourth-order valence-electron chi connectivity index (χ4n) is 5.27. The fraction of sp³-hybridized carbons (Fsp3) is 0.667. The van der Waals surface area contributed by atoms with Gasteiger partial charge in [-0.05, 0) is 31.8 Å². The van der Waals surface area contributed by atoms with Crippen LogP contribution < -0.4 is 5.73 Å². The second kappa shape index (κ2) is 19.5. The van der Waals surface area contributed by atoms with E-state index in [0.717, 1.165) is 94.4 Å². The van der Waals surface area contributed by atoms with E-state index in [9.17, 15) is 10.2 Å². The zero-order chi connectivity index (χ0) is 33.0. The van der Waals surface area contributed by atoms with Crippen LogP contribution in [-0.2, 0) is 38.1 Å². The van der Waals surface area contributed by atoms with Crippen molar-refractivity contribution in [1.29, 1.82) is 0 Å². The van der Waals surface area contributed by atoms with Crippen molar-refractivity contribution in [3.63, 3.8) is 0 Å². The van der Waals surface area contributed by atoms with Crippen LogP contribution in [0, 0.1) is 0 Å². The van der Waals surface area contributed by atoms with E-state index in [2.05, 4.69) is 78.7 Å². The first-order chi connectivity index (χ1) is 21.5. The number of nitrogen functional groups attached to an aromatic ring is 1. The van der Waals surface area contributed by atoms with Gasteiger partial charge in [-0.2, -0.15) is 5.10 Å². The van der Waals surface area contributed by atoms with Crippen LogP contribution in [0.1, 0.15) is 118 Å². The predicted molar refractivity (Wildman–Crippen MR) is 185 cm³/mol. The van der Waals surface area contributed by atoms with Gasteiger partial charge < -0.3 is 25.7 Å². The summed E-state index contributed by atoms with van der Waals surface area (Å²) in [6, 6.07) is 0. The third-order valence-electron chi connectivity index (χ3n) is 7.93. The average Bonchev–Trinajstić information content (AvgIpc) is 3.67. The molecule has 2 aromatic heterocycles. The molecule has 1 aliphatic carbocycles. The number of rotatable bonds is 17. The number of nitrogens with two attached hydrogens (primary N) is 1. The Balaban J connectivity index is 0.00000736. The van der Waals surface area contributed by atoms with Gasteiger partial charge in [-0.25, -0.2) is 4.68 Å². The van der Waals surface area contributed by atoms with Crippen molar-refractivity contribution in [2.75, 3.05) is 31.9 Å². The summed E-state index contributed by atoms with van der Waals surface area (Å²) in [5, 5.41) is 45.5. The molecule has 0 aromatic carbocycles. The van der Waals surface area contributed by atoms with Crippen molar-refractivity contribution in [3.05, 3.63) is 40.2 Å². The zero-order valence-corrected chi connectivity index (χ0v) is 32.7. The van der Waals surface area contributed by atoms with Crippen LogP contribution in [0.3, 0.4) is 0 Å². The van der Waals surface area contributed by atoms with Crippen molar-refractivity contribution < 1.29 is 42.9 Å². The van der Waals surface area contributed by atoms with Gasteiger partial charge in [0.2, 0.25) is 0 Å². The maximum Gasteiger partial charge on any atom is 0.251 e. The second-order valence-electron chi connectivity index (χ2n) is 12.8. The van der Waals surface area contributed by atoms with Crippen molar-refractivity contribution in [3.8, 4) is 0 Å². The van der Waals surface area contributed by atoms with Crippen molar-refractivity contribution in [2.45, 2.75) is 118 Å². The number of azo groups is 1. The molecule has 3 rings (SSSR count). The molecule has 0 spiro atoms. The number of anilines is 1. The van der Waals surface area contributed by atoms with E-state index in [1.165, 1.54) is 11.3 Å². The molecule has 4 N–H and O–H groups in total. The molecule has 2 aromatic rings. The van der Waals surface area contributed by atoms with Crippen LogP contribution >= 0.6 is 11.3 Å². The van der Waals surface area contributed by atoms with Crippen molar-refractivity contribution in [2.24, 2.45) is 10.2 Å². The summed E-state index contributed by atoms with van der Waals surface area (Å²) in [5.74, 6) is 0.895. The molecule has 46 heavy (non-hydrogen) atoms. The Labute approximate surface area is 305 Å². The van der Waals surface area contributed by atoms with E-state index in [1.54, 1.807) is 10.2 Å². The van der Waals surface area contributed by atoms with E-state index in [-0.39, 0.29) is 44.0 Å². The molecule has 11 nitrogen and oxygen atoms in total. The predicted octanol–water partition coefficient (Wildman–Crippen LogP) is 9.01. The van der Waals surface area contributed by atoms with Crippen LogP contribution in [-0.4, -0.2) is 66.2 Å². The summed E-state index contributed by atoms with van der Waals surface area (Å²) < 4.78 is 1.71. The first kappa shape index (κ1) is 39.9. The number of hydrogen-bond donors (Lipinski definition) is 3. The van der Waals surface area contributed by atoms with Crippen LogP contribution in [0.2, 0.25) is 0 Å². The standard InChI is InChI=1S/C33H55N9O2S.Y/c1-8-12-16-40(17-13-9-2)30(43)24-20-25(31(44)41(18-14-10-3)19-15-11-4)22-26(21-24)42-29(34)27(28(39-42)33(5,6)7)36-38-32-37-35-23-45-32;/h21,23,43-44H,8-20,22,34H2,1-7H3;/b30-24+,31-25-,38-36?;. The van der Waals surface area contributed by atoms with E-state index >= 15 is 0 Å². The van der Waals surface area contributed by atoms with E-state index in [0.29, 0.717) is 41.1 Å². The molecule has 0 aliphatic heterocycles. The normalized spacial score (nSPS) is 15.9. The Morgan fingerprint density at radius 3 is 1.91 bits per heavy atom. The summed E-state index contributed by atoms with van der Waals surface area (Å²) in [6.45, 7) is 17.9. The molecule has 253 valence electrons. The van der Waals surface area contributed by atoms with Gasteiger partial charge >= 0.3 is 0 Å². The van der Waals surface area contributed by atoms with Gasteiger partial charge in [-0.3, -0.25) is 0 Å². The monoisotopic (exact) mass is 730 g/mol. The Morgan fingerprint density at radius 1 is 0.891 bits per heavy atom. The van der Waals surface area contributed by atoms with E-state index in [1.807, 2.05) is 6.08 Å².